The van der Waals surface area contributed by atoms with Gasteiger partial charge in [0.05, 0.1) is 0 Å². The van der Waals surface area contributed by atoms with Crippen molar-refractivity contribution >= 4 is 24.2 Å². The van der Waals surface area contributed by atoms with Crippen LogP contribution in [0.25, 0.3) is 0 Å². The fraction of sp³-hybridized carbons (Fsp3) is 0.625. The van der Waals surface area contributed by atoms with Crippen molar-refractivity contribution in [2.24, 2.45) is 0 Å². The highest BCUT2D eigenvalue weighted by Gasteiger charge is 2.28. The first-order chi connectivity index (χ1) is 9.60. The lowest BCUT2D eigenvalue weighted by Gasteiger charge is -2.44. The van der Waals surface area contributed by atoms with Gasteiger partial charge in [0.15, 0.2) is 0 Å². The van der Waals surface area contributed by atoms with Crippen molar-refractivity contribution < 1.29 is 0 Å². The first-order valence-corrected chi connectivity index (χ1v) is 8.44. The highest BCUT2D eigenvalue weighted by Crippen LogP contribution is 2.19. The number of nitrogens with zero attached hydrogens (tertiary/aromatic N) is 2. The number of rotatable bonds is 5. The molecule has 2 atom stereocenters. The Morgan fingerprint density at radius 1 is 1.10 bits per heavy atom. The molecule has 0 N–H and O–H groups in total. The van der Waals surface area contributed by atoms with Crippen molar-refractivity contribution in [3.8, 4) is 0 Å². The van der Waals surface area contributed by atoms with Crippen molar-refractivity contribution in [3.05, 3.63) is 34.9 Å². The molecule has 20 heavy (non-hydrogen) atoms. The lowest BCUT2D eigenvalue weighted by atomic mass is 10.1. The summed E-state index contributed by atoms with van der Waals surface area (Å²) in [6.45, 7) is 9.14. The van der Waals surface area contributed by atoms with Crippen LogP contribution in [0.5, 0.6) is 0 Å². The van der Waals surface area contributed by atoms with E-state index < -0.39 is 0 Å². The van der Waals surface area contributed by atoms with Crippen LogP contribution in [-0.2, 0) is 6.54 Å². The molecule has 2 nitrogen and oxygen atoms in total. The molecule has 1 fully saturated rings. The Morgan fingerprint density at radius 2 is 1.70 bits per heavy atom. The predicted octanol–water partition coefficient (Wildman–Crippen LogP) is 3.55. The normalized spacial score (nSPS) is 25.0. The van der Waals surface area contributed by atoms with E-state index in [0.717, 1.165) is 30.4 Å². The summed E-state index contributed by atoms with van der Waals surface area (Å²) in [5, 5.41) is 0.812. The van der Waals surface area contributed by atoms with E-state index in [1.54, 1.807) is 0 Å². The minimum atomic E-state index is 0.599. The van der Waals surface area contributed by atoms with Gasteiger partial charge in [-0.15, -0.1) is 0 Å². The van der Waals surface area contributed by atoms with Gasteiger partial charge in [-0.3, -0.25) is 9.80 Å². The molecule has 0 aromatic heterocycles. The van der Waals surface area contributed by atoms with Gasteiger partial charge >= 0.3 is 0 Å². The standard InChI is InChI=1S/C16H25ClN2S/c1-13-11-19(12-15-4-6-16(17)7-5-15)14(2)10-18(13)8-3-9-20/h4-7,13-14,20H,3,8-12H2,1-2H3. The van der Waals surface area contributed by atoms with Crippen molar-refractivity contribution in [2.45, 2.75) is 38.9 Å². The van der Waals surface area contributed by atoms with E-state index in [4.69, 9.17) is 11.6 Å². The SMILES string of the molecule is CC1CN(Cc2ccc(Cl)cc2)C(C)CN1CCCS. The molecular weight excluding hydrogens is 288 g/mol. The van der Waals surface area contributed by atoms with Crippen LogP contribution in [-0.4, -0.2) is 47.3 Å². The van der Waals surface area contributed by atoms with Gasteiger partial charge in [-0.25, -0.2) is 0 Å². The Morgan fingerprint density at radius 3 is 2.35 bits per heavy atom. The molecule has 0 aliphatic carbocycles. The van der Waals surface area contributed by atoms with Crippen LogP contribution < -0.4 is 0 Å². The van der Waals surface area contributed by atoms with Crippen LogP contribution in [0.1, 0.15) is 25.8 Å². The van der Waals surface area contributed by atoms with Gasteiger partial charge in [0, 0.05) is 36.7 Å². The zero-order valence-electron chi connectivity index (χ0n) is 12.4. The van der Waals surface area contributed by atoms with Gasteiger partial charge in [-0.2, -0.15) is 12.6 Å². The van der Waals surface area contributed by atoms with E-state index in [1.807, 2.05) is 12.1 Å². The average molecular weight is 313 g/mol. The molecule has 1 aromatic carbocycles. The zero-order chi connectivity index (χ0) is 14.5. The van der Waals surface area contributed by atoms with Crippen LogP contribution >= 0.6 is 24.2 Å². The minimum Gasteiger partial charge on any atom is -0.298 e. The number of hydrogen-bond donors (Lipinski definition) is 1. The molecule has 0 radical (unpaired) electrons. The Kier molecular flexibility index (Phi) is 6.21. The number of hydrogen-bond acceptors (Lipinski definition) is 3. The van der Waals surface area contributed by atoms with Gasteiger partial charge in [0.25, 0.3) is 0 Å². The van der Waals surface area contributed by atoms with Gasteiger partial charge in [-0.1, -0.05) is 23.7 Å². The second kappa shape index (κ2) is 7.69. The second-order valence-corrected chi connectivity index (χ2v) is 6.71. The van der Waals surface area contributed by atoms with Gasteiger partial charge < -0.3 is 0 Å². The van der Waals surface area contributed by atoms with Gasteiger partial charge in [-0.05, 0) is 50.3 Å². The number of thiol groups is 1. The van der Waals surface area contributed by atoms with Crippen LogP contribution in [0, 0.1) is 0 Å². The lowest BCUT2D eigenvalue weighted by Crippen LogP contribution is -2.56. The Hall–Kier alpha value is -0.220. The fourth-order valence-corrected chi connectivity index (χ4v) is 3.17. The van der Waals surface area contributed by atoms with E-state index in [1.165, 1.54) is 18.5 Å². The molecule has 0 saturated carbocycles. The Bertz CT molecular complexity index is 409. The molecule has 112 valence electrons. The third-order valence-corrected chi connectivity index (χ3v) is 4.71. The first-order valence-electron chi connectivity index (χ1n) is 7.43. The smallest absolute Gasteiger partial charge is 0.0406 e. The summed E-state index contributed by atoms with van der Waals surface area (Å²) in [5.74, 6) is 0.978. The Balaban J connectivity index is 1.92. The first kappa shape index (κ1) is 16.2. The third-order valence-electron chi connectivity index (χ3n) is 4.15. The van der Waals surface area contributed by atoms with Gasteiger partial charge in [0.1, 0.15) is 0 Å². The molecule has 0 amide bonds. The van der Waals surface area contributed by atoms with E-state index in [-0.39, 0.29) is 0 Å². The summed E-state index contributed by atoms with van der Waals surface area (Å²) in [6, 6.07) is 9.45. The molecule has 1 heterocycles. The number of benzene rings is 1. The summed E-state index contributed by atoms with van der Waals surface area (Å²) in [7, 11) is 0. The predicted molar refractivity (Wildman–Crippen MR) is 90.8 cm³/mol. The van der Waals surface area contributed by atoms with Crippen LogP contribution in [0.15, 0.2) is 24.3 Å². The van der Waals surface area contributed by atoms with Crippen molar-refractivity contribution in [1.29, 1.82) is 0 Å². The molecule has 1 saturated heterocycles. The summed E-state index contributed by atoms with van der Waals surface area (Å²) in [6.07, 6.45) is 1.18. The average Bonchev–Trinajstić information content (AvgIpc) is 2.43. The Labute approximate surface area is 133 Å². The molecule has 0 spiro atoms. The quantitative estimate of drug-likeness (QED) is 0.831. The molecule has 1 aromatic rings. The monoisotopic (exact) mass is 312 g/mol. The molecule has 1 aliphatic rings. The minimum absolute atomic E-state index is 0.599. The van der Waals surface area contributed by atoms with Crippen molar-refractivity contribution in [2.75, 3.05) is 25.4 Å². The molecule has 4 heteroatoms. The molecule has 2 unspecified atom stereocenters. The van der Waals surface area contributed by atoms with Crippen molar-refractivity contribution in [1.82, 2.24) is 9.80 Å². The van der Waals surface area contributed by atoms with E-state index in [0.29, 0.717) is 12.1 Å². The molecule has 1 aliphatic heterocycles. The maximum Gasteiger partial charge on any atom is 0.0406 e. The van der Waals surface area contributed by atoms with E-state index in [9.17, 15) is 0 Å². The maximum absolute atomic E-state index is 5.95. The molecule has 0 bridgehead atoms. The summed E-state index contributed by atoms with van der Waals surface area (Å²) in [5.41, 5.74) is 1.34. The number of halogens is 1. The lowest BCUT2D eigenvalue weighted by molar-refractivity contribution is 0.0380. The van der Waals surface area contributed by atoms with Gasteiger partial charge in [0.2, 0.25) is 0 Å². The van der Waals surface area contributed by atoms with Crippen molar-refractivity contribution in [3.63, 3.8) is 0 Å². The summed E-state index contributed by atoms with van der Waals surface area (Å²) >= 11 is 10.3. The summed E-state index contributed by atoms with van der Waals surface area (Å²) < 4.78 is 0. The number of piperazine rings is 1. The highest BCUT2D eigenvalue weighted by molar-refractivity contribution is 7.80. The molecule has 2 rings (SSSR count). The second-order valence-electron chi connectivity index (χ2n) is 5.83. The van der Waals surface area contributed by atoms with Crippen LogP contribution in [0.2, 0.25) is 5.02 Å². The highest BCUT2D eigenvalue weighted by atomic mass is 35.5. The van der Waals surface area contributed by atoms with E-state index in [2.05, 4.69) is 48.4 Å². The topological polar surface area (TPSA) is 6.48 Å². The zero-order valence-corrected chi connectivity index (χ0v) is 14.1. The third kappa shape index (κ3) is 4.39. The summed E-state index contributed by atoms with van der Waals surface area (Å²) in [4.78, 5) is 5.17. The molecular formula is C16H25ClN2S. The van der Waals surface area contributed by atoms with E-state index >= 15 is 0 Å². The van der Waals surface area contributed by atoms with Crippen LogP contribution in [0.3, 0.4) is 0 Å². The maximum atomic E-state index is 5.95. The largest absolute Gasteiger partial charge is 0.298 e. The van der Waals surface area contributed by atoms with Crippen LogP contribution in [0.4, 0.5) is 0 Å². The fourth-order valence-electron chi connectivity index (χ4n) is 2.90.